The van der Waals surface area contributed by atoms with Crippen molar-refractivity contribution >= 4 is 35.1 Å². The topological polar surface area (TPSA) is 55.4 Å². The third-order valence-corrected chi connectivity index (χ3v) is 6.30. The first-order valence-electron chi connectivity index (χ1n) is 10.6. The summed E-state index contributed by atoms with van der Waals surface area (Å²) >= 11 is 11.9. The Morgan fingerprint density at radius 1 is 0.871 bits per heavy atom. The predicted molar refractivity (Wildman–Crippen MR) is 127 cm³/mol. The van der Waals surface area contributed by atoms with Crippen molar-refractivity contribution in [3.05, 3.63) is 69.7 Å². The molecule has 168 valence electrons. The molecule has 0 saturated heterocycles. The maximum atomic E-state index is 12.7. The number of esters is 1. The summed E-state index contributed by atoms with van der Waals surface area (Å²) in [5.74, 6) is -0.0661. The van der Waals surface area contributed by atoms with E-state index in [1.54, 1.807) is 48.5 Å². The van der Waals surface area contributed by atoms with Gasteiger partial charge in [0.2, 0.25) is 0 Å². The quantitative estimate of drug-likeness (QED) is 0.423. The van der Waals surface area contributed by atoms with Gasteiger partial charge in [0.05, 0.1) is 5.56 Å². The number of hydrogen-bond acceptors (Lipinski definition) is 3. The number of rotatable bonds is 9. The van der Waals surface area contributed by atoms with Crippen molar-refractivity contribution in [1.29, 1.82) is 0 Å². The summed E-state index contributed by atoms with van der Waals surface area (Å²) in [6, 6.07) is 13.4. The van der Waals surface area contributed by atoms with Crippen molar-refractivity contribution in [3.8, 4) is 0 Å². The van der Waals surface area contributed by atoms with Gasteiger partial charge in [0.25, 0.3) is 5.91 Å². The molecule has 2 aromatic rings. The van der Waals surface area contributed by atoms with Crippen LogP contribution in [0.4, 0.5) is 0 Å². The van der Waals surface area contributed by atoms with E-state index in [1.807, 2.05) is 6.92 Å². The van der Waals surface area contributed by atoms with E-state index in [9.17, 15) is 9.59 Å². The highest BCUT2D eigenvalue weighted by atomic mass is 35.5. The number of nitrogens with one attached hydrogen (secondary N) is 1. The van der Waals surface area contributed by atoms with E-state index in [2.05, 4.69) is 33.0 Å². The molecule has 31 heavy (non-hydrogen) atoms. The number of halogens is 2. The van der Waals surface area contributed by atoms with Gasteiger partial charge in [-0.25, -0.2) is 4.79 Å². The van der Waals surface area contributed by atoms with Gasteiger partial charge in [0, 0.05) is 27.6 Å². The Morgan fingerprint density at radius 3 is 1.81 bits per heavy atom. The van der Waals surface area contributed by atoms with Crippen LogP contribution in [0.15, 0.2) is 48.5 Å². The van der Waals surface area contributed by atoms with E-state index < -0.39 is 17.5 Å². The van der Waals surface area contributed by atoms with Gasteiger partial charge in [0.1, 0.15) is 6.10 Å². The number of carbonyl (C=O) groups is 2. The SMILES string of the molecule is CC(C)CC(CNC(=O)c1ccc(Cl)cc1)(C(C)C)C(C)OC(=O)c1ccc(Cl)cc1. The molecule has 4 nitrogen and oxygen atoms in total. The molecule has 6 heteroatoms. The van der Waals surface area contributed by atoms with Gasteiger partial charge in [-0.3, -0.25) is 4.79 Å². The number of hydrogen-bond donors (Lipinski definition) is 1. The Morgan fingerprint density at radius 2 is 1.35 bits per heavy atom. The summed E-state index contributed by atoms with van der Waals surface area (Å²) in [7, 11) is 0. The fraction of sp³-hybridized carbons (Fsp3) is 0.440. The molecule has 0 saturated carbocycles. The van der Waals surface area contributed by atoms with E-state index in [1.165, 1.54) is 0 Å². The number of ether oxygens (including phenoxy) is 1. The highest BCUT2D eigenvalue weighted by Crippen LogP contribution is 2.39. The fourth-order valence-electron chi connectivity index (χ4n) is 3.93. The summed E-state index contributed by atoms with van der Waals surface area (Å²) in [6.07, 6.45) is 0.379. The van der Waals surface area contributed by atoms with Gasteiger partial charge >= 0.3 is 5.97 Å². The van der Waals surface area contributed by atoms with Crippen LogP contribution in [0.2, 0.25) is 10.0 Å². The molecule has 0 aromatic heterocycles. The smallest absolute Gasteiger partial charge is 0.338 e. The lowest BCUT2D eigenvalue weighted by Gasteiger charge is -2.43. The van der Waals surface area contributed by atoms with Gasteiger partial charge in [-0.1, -0.05) is 50.9 Å². The molecule has 0 radical (unpaired) electrons. The minimum atomic E-state index is -0.432. The Balaban J connectivity index is 2.22. The third kappa shape index (κ3) is 6.72. The van der Waals surface area contributed by atoms with Gasteiger partial charge in [-0.15, -0.1) is 0 Å². The monoisotopic (exact) mass is 463 g/mol. The van der Waals surface area contributed by atoms with E-state index >= 15 is 0 Å². The van der Waals surface area contributed by atoms with Crippen LogP contribution >= 0.6 is 23.2 Å². The zero-order valence-electron chi connectivity index (χ0n) is 18.7. The standard InChI is InChI=1S/C25H31Cl2NO3/c1-16(2)14-25(17(3)4,15-28-23(29)19-6-10-21(26)11-7-19)18(5)31-24(30)20-8-12-22(27)13-9-20/h6-13,16-18H,14-15H2,1-5H3,(H,28,29). The molecular weight excluding hydrogens is 433 g/mol. The lowest BCUT2D eigenvalue weighted by molar-refractivity contribution is -0.0391. The molecule has 2 unspecified atom stereocenters. The zero-order chi connectivity index (χ0) is 23.2. The average molecular weight is 464 g/mol. The highest BCUT2D eigenvalue weighted by molar-refractivity contribution is 6.31. The number of benzene rings is 2. The van der Waals surface area contributed by atoms with Gasteiger partial charge in [-0.05, 0) is 73.7 Å². The number of amides is 1. The van der Waals surface area contributed by atoms with Crippen LogP contribution in [0.25, 0.3) is 0 Å². The van der Waals surface area contributed by atoms with Gasteiger partial charge in [0.15, 0.2) is 0 Å². The summed E-state index contributed by atoms with van der Waals surface area (Å²) in [6.45, 7) is 10.8. The molecule has 2 aromatic carbocycles. The minimum Gasteiger partial charge on any atom is -0.458 e. The molecule has 0 spiro atoms. The second kappa shape index (κ2) is 11.0. The number of carbonyl (C=O) groups excluding carboxylic acids is 2. The molecule has 2 rings (SSSR count). The first-order valence-corrected chi connectivity index (χ1v) is 11.3. The third-order valence-electron chi connectivity index (χ3n) is 5.80. The predicted octanol–water partition coefficient (Wildman–Crippen LogP) is 6.66. The lowest BCUT2D eigenvalue weighted by Crippen LogP contribution is -2.50. The Bertz CT molecular complexity index is 879. The Kier molecular flexibility index (Phi) is 8.96. The van der Waals surface area contributed by atoms with Gasteiger partial charge < -0.3 is 10.1 Å². The van der Waals surface area contributed by atoms with Crippen molar-refractivity contribution in [3.63, 3.8) is 0 Å². The van der Waals surface area contributed by atoms with Crippen LogP contribution in [0, 0.1) is 17.3 Å². The highest BCUT2D eigenvalue weighted by Gasteiger charge is 2.42. The average Bonchev–Trinajstić information content (AvgIpc) is 2.71. The molecule has 0 aliphatic carbocycles. The first kappa shape index (κ1) is 25.2. The van der Waals surface area contributed by atoms with Crippen molar-refractivity contribution < 1.29 is 14.3 Å². The molecule has 0 fully saturated rings. The van der Waals surface area contributed by atoms with E-state index in [4.69, 9.17) is 27.9 Å². The molecular formula is C25H31Cl2NO3. The molecule has 1 N–H and O–H groups in total. The molecule has 1 amide bonds. The van der Waals surface area contributed by atoms with Crippen LogP contribution in [0.5, 0.6) is 0 Å². The van der Waals surface area contributed by atoms with E-state index in [0.29, 0.717) is 33.6 Å². The lowest BCUT2D eigenvalue weighted by atomic mass is 9.68. The van der Waals surface area contributed by atoms with Crippen LogP contribution in [0.1, 0.15) is 61.8 Å². The van der Waals surface area contributed by atoms with Crippen LogP contribution < -0.4 is 5.32 Å². The van der Waals surface area contributed by atoms with Gasteiger partial charge in [-0.2, -0.15) is 0 Å². The summed E-state index contributed by atoms with van der Waals surface area (Å²) in [4.78, 5) is 25.5. The van der Waals surface area contributed by atoms with Crippen molar-refractivity contribution in [2.24, 2.45) is 17.3 Å². The van der Waals surface area contributed by atoms with Crippen LogP contribution in [-0.2, 0) is 4.74 Å². The maximum absolute atomic E-state index is 12.7. The Labute approximate surface area is 195 Å². The first-order chi connectivity index (χ1) is 14.5. The fourth-order valence-corrected chi connectivity index (χ4v) is 4.18. The Hall–Kier alpha value is -2.04. The van der Waals surface area contributed by atoms with Crippen LogP contribution in [-0.4, -0.2) is 24.5 Å². The summed E-state index contributed by atoms with van der Waals surface area (Å²) < 4.78 is 5.91. The molecule has 0 aliphatic heterocycles. The molecule has 0 aliphatic rings. The van der Waals surface area contributed by atoms with Crippen molar-refractivity contribution in [2.45, 2.75) is 47.1 Å². The maximum Gasteiger partial charge on any atom is 0.338 e. The van der Waals surface area contributed by atoms with E-state index in [0.717, 1.165) is 6.42 Å². The molecule has 0 bridgehead atoms. The zero-order valence-corrected chi connectivity index (χ0v) is 20.3. The molecule has 0 heterocycles. The summed E-state index contributed by atoms with van der Waals surface area (Å²) in [5.41, 5.74) is 0.555. The summed E-state index contributed by atoms with van der Waals surface area (Å²) in [5, 5.41) is 4.20. The largest absolute Gasteiger partial charge is 0.458 e. The minimum absolute atomic E-state index is 0.161. The second-order valence-electron chi connectivity index (χ2n) is 8.73. The molecule has 2 atom stereocenters. The van der Waals surface area contributed by atoms with Crippen LogP contribution in [0.3, 0.4) is 0 Å². The second-order valence-corrected chi connectivity index (χ2v) is 9.60. The van der Waals surface area contributed by atoms with Crippen molar-refractivity contribution in [1.82, 2.24) is 5.32 Å². The van der Waals surface area contributed by atoms with Crippen molar-refractivity contribution in [2.75, 3.05) is 6.54 Å². The normalized spacial score (nSPS) is 14.2. The van der Waals surface area contributed by atoms with E-state index in [-0.39, 0.29) is 11.8 Å².